The molecule has 0 spiro atoms. The molecule has 298 valence electrons. The first-order valence-electron chi connectivity index (χ1n) is 22.1. The summed E-state index contributed by atoms with van der Waals surface area (Å²) >= 11 is 0. The summed E-state index contributed by atoms with van der Waals surface area (Å²) in [6.45, 7) is 0. The topological polar surface area (TPSA) is 8.17 Å². The number of hydrogen-bond donors (Lipinski definition) is 0. The van der Waals surface area contributed by atoms with Gasteiger partial charge in [-0.25, -0.2) is 0 Å². The molecule has 0 saturated heterocycles. The van der Waals surface area contributed by atoms with Crippen LogP contribution in [0.4, 0.5) is 17.1 Å². The summed E-state index contributed by atoms with van der Waals surface area (Å²) in [5, 5.41) is 14.7. The predicted octanol–water partition coefficient (Wildman–Crippen LogP) is 17.4. The Morgan fingerprint density at radius 2 is 0.766 bits per heavy atom. The zero-order valence-corrected chi connectivity index (χ0v) is 35.0. The van der Waals surface area contributed by atoms with Crippen LogP contribution in [0.5, 0.6) is 0 Å². The van der Waals surface area contributed by atoms with E-state index in [1.807, 2.05) is 0 Å². The monoisotopic (exact) mass is 812 g/mol. The van der Waals surface area contributed by atoms with Gasteiger partial charge in [0.15, 0.2) is 0 Å². The third kappa shape index (κ3) is 5.66. The number of hydrogen-bond acceptors (Lipinski definition) is 1. The molecule has 1 heterocycles. The van der Waals surface area contributed by atoms with Gasteiger partial charge in [-0.3, -0.25) is 0 Å². The number of para-hydroxylation sites is 1. The standard InChI is InChI=1S/C62H40N2/c1-3-18-42(19-4-1)61-55-29-14-12-26-51(55)52-35-33-47(40-57(52)62(61)43-20-5-2-6-21-43)63(60-38-45-23-9-10-24-49(45)50-25-11-13-27-53(50)60)48-34-36-59-56(39-48)54-28-15-16-30-58(54)64(59)46-32-31-41-17-7-8-22-44(41)37-46/h1-40H. The second-order valence-electron chi connectivity index (χ2n) is 16.8. The minimum absolute atomic E-state index is 1.09. The van der Waals surface area contributed by atoms with Crippen LogP contribution in [-0.4, -0.2) is 4.57 Å². The van der Waals surface area contributed by atoms with Gasteiger partial charge in [0.1, 0.15) is 0 Å². The van der Waals surface area contributed by atoms with Crippen molar-refractivity contribution >= 4 is 92.7 Å². The molecule has 0 unspecified atom stereocenters. The molecular weight excluding hydrogens is 773 g/mol. The number of aromatic nitrogens is 1. The van der Waals surface area contributed by atoms with E-state index in [1.54, 1.807) is 0 Å². The second-order valence-corrected chi connectivity index (χ2v) is 16.8. The first kappa shape index (κ1) is 36.2. The number of nitrogens with zero attached hydrogens (tertiary/aromatic N) is 2. The molecular formula is C62H40N2. The fourth-order valence-electron chi connectivity index (χ4n) is 10.5. The number of benzene rings is 12. The Morgan fingerprint density at radius 1 is 0.266 bits per heavy atom. The molecule has 13 rings (SSSR count). The number of anilines is 3. The van der Waals surface area contributed by atoms with Crippen molar-refractivity contribution in [3.8, 4) is 27.9 Å². The molecule has 0 aliphatic rings. The quantitative estimate of drug-likeness (QED) is 0.152. The highest BCUT2D eigenvalue weighted by Crippen LogP contribution is 2.49. The van der Waals surface area contributed by atoms with Crippen LogP contribution in [-0.2, 0) is 0 Å². The molecule has 2 nitrogen and oxygen atoms in total. The molecule has 1 aromatic heterocycles. The van der Waals surface area contributed by atoms with Gasteiger partial charge in [-0.1, -0.05) is 188 Å². The Morgan fingerprint density at radius 3 is 1.50 bits per heavy atom. The van der Waals surface area contributed by atoms with E-state index in [4.69, 9.17) is 0 Å². The van der Waals surface area contributed by atoms with Crippen LogP contribution in [0.3, 0.4) is 0 Å². The Bertz CT molecular complexity index is 3960. The lowest BCUT2D eigenvalue weighted by Crippen LogP contribution is -2.11. The van der Waals surface area contributed by atoms with Crippen LogP contribution in [0, 0.1) is 0 Å². The maximum absolute atomic E-state index is 2.50. The van der Waals surface area contributed by atoms with Crippen molar-refractivity contribution in [2.24, 2.45) is 0 Å². The fourth-order valence-corrected chi connectivity index (χ4v) is 10.5. The molecule has 0 N–H and O–H groups in total. The summed E-state index contributed by atoms with van der Waals surface area (Å²) in [5.41, 5.74) is 11.7. The van der Waals surface area contributed by atoms with Gasteiger partial charge in [0.25, 0.3) is 0 Å². The van der Waals surface area contributed by atoms with E-state index in [9.17, 15) is 0 Å². The third-order valence-corrected chi connectivity index (χ3v) is 13.3. The van der Waals surface area contributed by atoms with Gasteiger partial charge in [-0.15, -0.1) is 0 Å². The molecule has 0 bridgehead atoms. The van der Waals surface area contributed by atoms with Gasteiger partial charge in [-0.05, 0) is 125 Å². The van der Waals surface area contributed by atoms with E-state index >= 15 is 0 Å². The molecule has 0 aliphatic carbocycles. The average Bonchev–Trinajstić information content (AvgIpc) is 3.70. The lowest BCUT2D eigenvalue weighted by Gasteiger charge is -2.29. The van der Waals surface area contributed by atoms with Crippen molar-refractivity contribution in [1.82, 2.24) is 4.57 Å². The maximum Gasteiger partial charge on any atom is 0.0546 e. The largest absolute Gasteiger partial charge is 0.310 e. The summed E-state index contributed by atoms with van der Waals surface area (Å²) < 4.78 is 2.43. The minimum Gasteiger partial charge on any atom is -0.310 e. The smallest absolute Gasteiger partial charge is 0.0546 e. The van der Waals surface area contributed by atoms with Crippen LogP contribution in [0.25, 0.3) is 104 Å². The first-order valence-corrected chi connectivity index (χ1v) is 22.1. The van der Waals surface area contributed by atoms with Gasteiger partial charge < -0.3 is 9.47 Å². The van der Waals surface area contributed by atoms with Gasteiger partial charge in [-0.2, -0.15) is 0 Å². The highest BCUT2D eigenvalue weighted by atomic mass is 15.1. The maximum atomic E-state index is 2.50. The lowest BCUT2D eigenvalue weighted by molar-refractivity contribution is 1.18. The van der Waals surface area contributed by atoms with E-state index in [1.165, 1.54) is 97.9 Å². The summed E-state index contributed by atoms with van der Waals surface area (Å²) in [5.74, 6) is 0. The van der Waals surface area contributed by atoms with Crippen molar-refractivity contribution < 1.29 is 0 Å². The highest BCUT2D eigenvalue weighted by Gasteiger charge is 2.23. The normalized spacial score (nSPS) is 11.8. The summed E-state index contributed by atoms with van der Waals surface area (Å²) in [7, 11) is 0. The van der Waals surface area contributed by atoms with Crippen LogP contribution < -0.4 is 4.90 Å². The predicted molar refractivity (Wildman–Crippen MR) is 274 cm³/mol. The molecule has 64 heavy (non-hydrogen) atoms. The Kier molecular flexibility index (Phi) is 8.25. The molecule has 0 fully saturated rings. The van der Waals surface area contributed by atoms with Gasteiger partial charge in [0.2, 0.25) is 0 Å². The molecule has 0 radical (unpaired) electrons. The minimum atomic E-state index is 1.09. The van der Waals surface area contributed by atoms with Crippen LogP contribution in [0.2, 0.25) is 0 Å². The summed E-state index contributed by atoms with van der Waals surface area (Å²) in [6.07, 6.45) is 0. The molecule has 0 atom stereocenters. The van der Waals surface area contributed by atoms with E-state index < -0.39 is 0 Å². The second kappa shape index (κ2) is 14.6. The van der Waals surface area contributed by atoms with Crippen molar-refractivity contribution in [2.45, 2.75) is 0 Å². The van der Waals surface area contributed by atoms with Gasteiger partial charge in [0, 0.05) is 33.2 Å². The third-order valence-electron chi connectivity index (χ3n) is 13.3. The average molecular weight is 813 g/mol. The van der Waals surface area contributed by atoms with Crippen molar-refractivity contribution in [3.05, 3.63) is 243 Å². The number of fused-ring (bicyclic) bond motifs is 10. The van der Waals surface area contributed by atoms with Gasteiger partial charge >= 0.3 is 0 Å². The lowest BCUT2D eigenvalue weighted by atomic mass is 9.85. The zero-order valence-electron chi connectivity index (χ0n) is 35.0. The molecule has 2 heteroatoms. The molecule has 13 aromatic rings. The van der Waals surface area contributed by atoms with E-state index in [0.717, 1.165) is 22.7 Å². The van der Waals surface area contributed by atoms with Gasteiger partial charge in [0.05, 0.1) is 16.7 Å². The molecule has 0 saturated carbocycles. The van der Waals surface area contributed by atoms with E-state index in [2.05, 4.69) is 252 Å². The van der Waals surface area contributed by atoms with Crippen LogP contribution >= 0.6 is 0 Å². The van der Waals surface area contributed by atoms with E-state index in [0.29, 0.717) is 0 Å². The summed E-state index contributed by atoms with van der Waals surface area (Å²) in [4.78, 5) is 2.50. The van der Waals surface area contributed by atoms with Crippen molar-refractivity contribution in [1.29, 1.82) is 0 Å². The Labute approximate surface area is 371 Å². The Hall–Kier alpha value is -8.46. The van der Waals surface area contributed by atoms with Crippen molar-refractivity contribution in [2.75, 3.05) is 4.90 Å². The summed E-state index contributed by atoms with van der Waals surface area (Å²) in [6, 6.07) is 89.3. The van der Waals surface area contributed by atoms with E-state index in [-0.39, 0.29) is 0 Å². The SMILES string of the molecule is c1ccc(-c2c(-c3ccccc3)c3cc(N(c4ccc5c(c4)c4ccccc4n5-c4ccc5ccccc5c4)c4cc5ccccc5c5ccccc45)ccc3c3ccccc23)cc1. The zero-order chi connectivity index (χ0) is 42.1. The van der Waals surface area contributed by atoms with Crippen molar-refractivity contribution in [3.63, 3.8) is 0 Å². The molecule has 12 aromatic carbocycles. The molecule has 0 aliphatic heterocycles. The first-order chi connectivity index (χ1) is 31.8. The Balaban J connectivity index is 1.13. The fraction of sp³-hybridized carbons (Fsp3) is 0. The molecule has 0 amide bonds. The number of rotatable bonds is 6. The highest BCUT2D eigenvalue weighted by molar-refractivity contribution is 6.23. The van der Waals surface area contributed by atoms with Crippen LogP contribution in [0.1, 0.15) is 0 Å². The van der Waals surface area contributed by atoms with Crippen LogP contribution in [0.15, 0.2) is 243 Å².